The molecule has 1 amide bonds. The van der Waals surface area contributed by atoms with Crippen LogP contribution in [0, 0.1) is 5.82 Å². The van der Waals surface area contributed by atoms with Crippen molar-refractivity contribution in [3.05, 3.63) is 62.8 Å². The lowest BCUT2D eigenvalue weighted by Crippen LogP contribution is -2.29. The van der Waals surface area contributed by atoms with E-state index < -0.39 is 17.5 Å². The quantitative estimate of drug-likeness (QED) is 0.752. The summed E-state index contributed by atoms with van der Waals surface area (Å²) in [5.74, 6) is -1.73. The van der Waals surface area contributed by atoms with Crippen molar-refractivity contribution in [2.24, 2.45) is 0 Å². The number of carbonyl (C=O) groups is 2. The van der Waals surface area contributed by atoms with E-state index in [1.165, 1.54) is 23.1 Å². The van der Waals surface area contributed by atoms with Crippen molar-refractivity contribution < 1.29 is 14.0 Å². The summed E-state index contributed by atoms with van der Waals surface area (Å²) < 4.78 is 14.4. The summed E-state index contributed by atoms with van der Waals surface area (Å²) in [5.41, 5.74) is 1.04. The number of nitrogens with zero attached hydrogens (tertiary/aromatic N) is 1. The Morgan fingerprint density at radius 1 is 1.19 bits per heavy atom. The van der Waals surface area contributed by atoms with Gasteiger partial charge in [-0.1, -0.05) is 17.7 Å². The van der Waals surface area contributed by atoms with Crippen LogP contribution in [0.4, 0.5) is 10.1 Å². The van der Waals surface area contributed by atoms with E-state index in [1.54, 1.807) is 18.2 Å². The summed E-state index contributed by atoms with van der Waals surface area (Å²) >= 11 is 9.18. The van der Waals surface area contributed by atoms with Crippen molar-refractivity contribution in [1.29, 1.82) is 0 Å². The zero-order valence-corrected chi connectivity index (χ0v) is 12.9. The summed E-state index contributed by atoms with van der Waals surface area (Å²) in [5, 5.41) is 0.372. The van der Waals surface area contributed by atoms with Gasteiger partial charge in [-0.05, 0) is 46.3 Å². The Hall–Kier alpha value is -1.72. The van der Waals surface area contributed by atoms with Crippen LogP contribution in [0.5, 0.6) is 0 Å². The Morgan fingerprint density at radius 3 is 2.71 bits per heavy atom. The van der Waals surface area contributed by atoms with Crippen molar-refractivity contribution in [2.75, 3.05) is 4.90 Å². The van der Waals surface area contributed by atoms with Gasteiger partial charge in [-0.2, -0.15) is 0 Å². The van der Waals surface area contributed by atoms with Gasteiger partial charge in [0.25, 0.3) is 11.7 Å². The van der Waals surface area contributed by atoms with Gasteiger partial charge in [-0.15, -0.1) is 0 Å². The third-order valence-electron chi connectivity index (χ3n) is 3.28. The molecule has 1 aliphatic rings. The number of amides is 1. The van der Waals surface area contributed by atoms with Gasteiger partial charge in [-0.25, -0.2) is 4.39 Å². The van der Waals surface area contributed by atoms with Gasteiger partial charge >= 0.3 is 0 Å². The van der Waals surface area contributed by atoms with E-state index in [4.69, 9.17) is 11.6 Å². The molecule has 2 aromatic rings. The molecule has 0 saturated heterocycles. The topological polar surface area (TPSA) is 37.4 Å². The Balaban J connectivity index is 2.06. The Labute approximate surface area is 133 Å². The van der Waals surface area contributed by atoms with Crippen molar-refractivity contribution >= 4 is 44.9 Å². The molecule has 2 aromatic carbocycles. The summed E-state index contributed by atoms with van der Waals surface area (Å²) in [6.07, 6.45) is 0. The first-order chi connectivity index (χ1) is 9.99. The lowest BCUT2D eigenvalue weighted by molar-refractivity contribution is -0.114. The molecule has 0 fully saturated rings. The van der Waals surface area contributed by atoms with Crippen molar-refractivity contribution in [3.63, 3.8) is 0 Å². The molecule has 21 heavy (non-hydrogen) atoms. The van der Waals surface area contributed by atoms with Gasteiger partial charge < -0.3 is 0 Å². The van der Waals surface area contributed by atoms with E-state index in [-0.39, 0.29) is 12.1 Å². The van der Waals surface area contributed by atoms with Crippen LogP contribution in [-0.4, -0.2) is 11.7 Å². The fourth-order valence-electron chi connectivity index (χ4n) is 2.30. The zero-order valence-electron chi connectivity index (χ0n) is 10.6. The number of benzene rings is 2. The van der Waals surface area contributed by atoms with Crippen LogP contribution in [0.3, 0.4) is 0 Å². The maximum Gasteiger partial charge on any atom is 0.299 e. The van der Waals surface area contributed by atoms with E-state index in [0.717, 1.165) is 0 Å². The molecule has 0 atom stereocenters. The first kappa shape index (κ1) is 14.2. The molecule has 1 aliphatic heterocycles. The molecule has 1 heterocycles. The molecule has 0 radical (unpaired) electrons. The summed E-state index contributed by atoms with van der Waals surface area (Å²) in [4.78, 5) is 25.3. The maximum absolute atomic E-state index is 13.8. The van der Waals surface area contributed by atoms with Crippen molar-refractivity contribution in [2.45, 2.75) is 6.54 Å². The second kappa shape index (κ2) is 5.24. The molecule has 0 saturated carbocycles. The molecule has 3 nitrogen and oxygen atoms in total. The van der Waals surface area contributed by atoms with Crippen LogP contribution in [0.25, 0.3) is 0 Å². The molecule has 106 valence electrons. The molecular weight excluding hydrogens is 361 g/mol. The van der Waals surface area contributed by atoms with Gasteiger partial charge in [0.1, 0.15) is 5.82 Å². The molecule has 6 heteroatoms. The predicted molar refractivity (Wildman–Crippen MR) is 81.1 cm³/mol. The van der Waals surface area contributed by atoms with E-state index in [1.807, 2.05) is 0 Å². The van der Waals surface area contributed by atoms with Crippen molar-refractivity contribution in [1.82, 2.24) is 0 Å². The smallest absolute Gasteiger partial charge is 0.299 e. The van der Waals surface area contributed by atoms with Crippen LogP contribution in [0.1, 0.15) is 15.9 Å². The van der Waals surface area contributed by atoms with Crippen LogP contribution < -0.4 is 4.90 Å². The number of anilines is 1. The minimum atomic E-state index is -0.670. The molecular formula is C15H8BrClFNO2. The van der Waals surface area contributed by atoms with Crippen LogP contribution in [0.15, 0.2) is 40.9 Å². The van der Waals surface area contributed by atoms with E-state index in [2.05, 4.69) is 15.9 Å². The number of carbonyl (C=O) groups excluding carboxylic acids is 2. The number of halogens is 3. The number of fused-ring (bicyclic) bond motifs is 1. The Bertz CT molecular complexity index is 778. The molecule has 0 unspecified atom stereocenters. The number of hydrogen-bond acceptors (Lipinski definition) is 2. The number of para-hydroxylation sites is 1. The first-order valence-corrected chi connectivity index (χ1v) is 7.25. The normalized spacial score (nSPS) is 13.8. The third-order valence-corrected chi connectivity index (χ3v) is 4.15. The molecule has 0 aromatic heterocycles. The van der Waals surface area contributed by atoms with Crippen LogP contribution >= 0.6 is 27.5 Å². The highest BCUT2D eigenvalue weighted by atomic mass is 79.9. The van der Waals surface area contributed by atoms with Gasteiger partial charge in [-0.3, -0.25) is 14.5 Å². The fraction of sp³-hybridized carbons (Fsp3) is 0.0667. The number of rotatable bonds is 2. The highest BCUT2D eigenvalue weighted by Crippen LogP contribution is 2.37. The van der Waals surface area contributed by atoms with Gasteiger partial charge in [0.15, 0.2) is 0 Å². The van der Waals surface area contributed by atoms with E-state index in [9.17, 15) is 14.0 Å². The van der Waals surface area contributed by atoms with Gasteiger partial charge in [0, 0.05) is 15.1 Å². The average molecular weight is 369 g/mol. The lowest BCUT2D eigenvalue weighted by Gasteiger charge is -2.18. The minimum absolute atomic E-state index is 0.0490. The molecule has 0 bridgehead atoms. The second-order valence-electron chi connectivity index (χ2n) is 4.59. The van der Waals surface area contributed by atoms with Crippen LogP contribution in [0.2, 0.25) is 5.02 Å². The van der Waals surface area contributed by atoms with E-state index >= 15 is 0 Å². The summed E-state index contributed by atoms with van der Waals surface area (Å²) in [6, 6.07) is 9.10. The Morgan fingerprint density at radius 2 is 1.95 bits per heavy atom. The second-order valence-corrected chi connectivity index (χ2v) is 5.88. The number of Topliss-reactive ketones (excluding diaryl/α,β-unsaturated/α-hetero) is 1. The van der Waals surface area contributed by atoms with Crippen LogP contribution in [-0.2, 0) is 11.3 Å². The maximum atomic E-state index is 13.8. The highest BCUT2D eigenvalue weighted by Gasteiger charge is 2.37. The standard InChI is InChI=1S/C15H8BrClFNO2/c16-11-3-1-2-10-13(11)19(15(21)14(10)20)7-8-6-9(17)4-5-12(8)18/h1-6H,7H2. The molecule has 0 spiro atoms. The first-order valence-electron chi connectivity index (χ1n) is 6.07. The van der Waals surface area contributed by atoms with E-state index in [0.29, 0.717) is 20.7 Å². The number of hydrogen-bond donors (Lipinski definition) is 0. The highest BCUT2D eigenvalue weighted by molar-refractivity contribution is 9.10. The largest absolute Gasteiger partial charge is 0.299 e. The van der Waals surface area contributed by atoms with Crippen molar-refractivity contribution in [3.8, 4) is 0 Å². The predicted octanol–water partition coefficient (Wildman–Crippen LogP) is 3.97. The zero-order chi connectivity index (χ0) is 15.1. The van der Waals surface area contributed by atoms with Gasteiger partial charge in [0.2, 0.25) is 0 Å². The Kier molecular flexibility index (Phi) is 3.55. The van der Waals surface area contributed by atoms with Gasteiger partial charge in [0.05, 0.1) is 17.8 Å². The molecule has 0 aliphatic carbocycles. The lowest BCUT2D eigenvalue weighted by atomic mass is 10.1. The number of ketones is 1. The summed E-state index contributed by atoms with van der Waals surface area (Å²) in [7, 11) is 0. The monoisotopic (exact) mass is 367 g/mol. The third kappa shape index (κ3) is 2.36. The molecule has 0 N–H and O–H groups in total. The fourth-order valence-corrected chi connectivity index (χ4v) is 3.07. The average Bonchev–Trinajstić information content (AvgIpc) is 2.69. The minimum Gasteiger partial charge on any atom is -0.299 e. The SMILES string of the molecule is O=C1C(=O)N(Cc2cc(Cl)ccc2F)c2c(Br)cccc21. The summed E-state index contributed by atoms with van der Waals surface area (Å²) in [6.45, 7) is -0.0490. The molecule has 3 rings (SSSR count).